The Labute approximate surface area is 147 Å². The van der Waals surface area contributed by atoms with Crippen molar-refractivity contribution in [2.75, 3.05) is 12.9 Å². The zero-order chi connectivity index (χ0) is 18.0. The minimum atomic E-state index is -1.38. The maximum atomic E-state index is 12.1. The molecule has 2 heterocycles. The predicted molar refractivity (Wildman–Crippen MR) is 93.2 cm³/mol. The van der Waals surface area contributed by atoms with Crippen LogP contribution >= 0.6 is 9.24 Å². The lowest BCUT2D eigenvalue weighted by Crippen LogP contribution is -2.15. The molecule has 3 rings (SSSR count). The van der Waals surface area contributed by atoms with Crippen LogP contribution in [0, 0.1) is 6.92 Å². The number of hydrogen-bond donors (Lipinski definition) is 0. The summed E-state index contributed by atoms with van der Waals surface area (Å²) in [6.45, 7) is 2.09. The summed E-state index contributed by atoms with van der Waals surface area (Å²) >= 11 is -1.38. The lowest BCUT2D eigenvalue weighted by atomic mass is 10.2. The number of benzene rings is 1. The molecule has 0 amide bonds. The van der Waals surface area contributed by atoms with E-state index in [0.29, 0.717) is 17.8 Å². The molecule has 2 atom stereocenters. The SMILES string of the molecule is Cc1cc(-n2c(-c3nonc3CCOS(C)=O)noc2=O)ccc1P. The molecule has 25 heavy (non-hydrogen) atoms. The van der Waals surface area contributed by atoms with Crippen LogP contribution in [0.3, 0.4) is 0 Å². The first-order valence-electron chi connectivity index (χ1n) is 7.21. The molecule has 1 aromatic carbocycles. The van der Waals surface area contributed by atoms with E-state index in [-0.39, 0.29) is 18.1 Å². The number of nitrogens with zero attached hydrogens (tertiary/aromatic N) is 4. The molecular weight excluding hydrogens is 367 g/mol. The molecule has 0 N–H and O–H groups in total. The highest BCUT2D eigenvalue weighted by Gasteiger charge is 2.22. The highest BCUT2D eigenvalue weighted by Crippen LogP contribution is 2.21. The van der Waals surface area contributed by atoms with Gasteiger partial charge in [-0.25, -0.2) is 18.2 Å². The Morgan fingerprint density at radius 2 is 2.12 bits per heavy atom. The molecule has 0 aliphatic carbocycles. The number of aryl methyl sites for hydroxylation is 1. The molecular formula is C14H15N4O5PS. The van der Waals surface area contributed by atoms with E-state index >= 15 is 0 Å². The van der Waals surface area contributed by atoms with Crippen LogP contribution in [0.1, 0.15) is 11.3 Å². The topological polar surface area (TPSA) is 113 Å². The Balaban J connectivity index is 2.00. The van der Waals surface area contributed by atoms with Crippen LogP contribution < -0.4 is 11.1 Å². The van der Waals surface area contributed by atoms with E-state index in [9.17, 15) is 9.00 Å². The Morgan fingerprint density at radius 3 is 2.84 bits per heavy atom. The second-order valence-electron chi connectivity index (χ2n) is 5.18. The summed E-state index contributed by atoms with van der Waals surface area (Å²) in [6, 6.07) is 5.47. The minimum Gasteiger partial charge on any atom is -0.295 e. The van der Waals surface area contributed by atoms with E-state index in [1.165, 1.54) is 10.8 Å². The largest absolute Gasteiger partial charge is 0.446 e. The fraction of sp³-hybridized carbons (Fsp3) is 0.286. The van der Waals surface area contributed by atoms with Gasteiger partial charge in [0.25, 0.3) is 0 Å². The third-order valence-corrected chi connectivity index (χ3v) is 4.62. The van der Waals surface area contributed by atoms with Gasteiger partial charge < -0.3 is 0 Å². The summed E-state index contributed by atoms with van der Waals surface area (Å²) in [5.74, 6) is -0.472. The Kier molecular flexibility index (Phi) is 5.22. The average molecular weight is 382 g/mol. The van der Waals surface area contributed by atoms with Crippen LogP contribution in [0.2, 0.25) is 0 Å². The standard InChI is InChI=1S/C14H15N4O5PS/c1-8-7-9(3-4-11(8)24)18-13(17-22-14(18)19)12-10(15-23-16-12)5-6-21-25(2)20/h3-4,7H,5-6,24H2,1-2H3. The number of rotatable bonds is 6. The minimum absolute atomic E-state index is 0.160. The van der Waals surface area contributed by atoms with Gasteiger partial charge in [0.2, 0.25) is 5.82 Å². The lowest BCUT2D eigenvalue weighted by molar-refractivity contribution is 0.298. The van der Waals surface area contributed by atoms with Gasteiger partial charge in [-0.2, -0.15) is 0 Å². The van der Waals surface area contributed by atoms with Crippen molar-refractivity contribution in [3.05, 3.63) is 40.0 Å². The monoisotopic (exact) mass is 382 g/mol. The van der Waals surface area contributed by atoms with Crippen molar-refractivity contribution in [3.8, 4) is 17.2 Å². The van der Waals surface area contributed by atoms with E-state index in [4.69, 9.17) is 13.3 Å². The van der Waals surface area contributed by atoms with Gasteiger partial charge in [0.15, 0.2) is 16.8 Å². The Bertz CT molecular complexity index is 980. The van der Waals surface area contributed by atoms with Crippen LogP contribution in [0.5, 0.6) is 0 Å². The lowest BCUT2D eigenvalue weighted by Gasteiger charge is -2.06. The maximum Gasteiger partial charge on any atom is 0.446 e. The quantitative estimate of drug-likeness (QED) is 0.568. The summed E-state index contributed by atoms with van der Waals surface area (Å²) in [6.07, 6.45) is 1.72. The number of hydrogen-bond acceptors (Lipinski definition) is 8. The second-order valence-corrected chi connectivity index (χ2v) is 6.84. The van der Waals surface area contributed by atoms with Crippen LogP contribution in [0.4, 0.5) is 0 Å². The van der Waals surface area contributed by atoms with Crippen molar-refractivity contribution in [3.63, 3.8) is 0 Å². The molecule has 3 aromatic rings. The molecule has 132 valence electrons. The van der Waals surface area contributed by atoms with Crippen LogP contribution in [-0.2, 0) is 21.7 Å². The van der Waals surface area contributed by atoms with Crippen LogP contribution in [-0.4, -0.2) is 37.1 Å². The molecule has 0 radical (unpaired) electrons. The molecule has 0 aliphatic rings. The van der Waals surface area contributed by atoms with Crippen LogP contribution in [0.25, 0.3) is 17.2 Å². The predicted octanol–water partition coefficient (Wildman–Crippen LogP) is 0.537. The first-order valence-corrected chi connectivity index (χ1v) is 9.27. The summed E-state index contributed by atoms with van der Waals surface area (Å²) in [7, 11) is 2.62. The highest BCUT2D eigenvalue weighted by molar-refractivity contribution is 7.79. The fourth-order valence-corrected chi connectivity index (χ4v) is 2.72. The molecule has 9 nitrogen and oxygen atoms in total. The molecule has 0 spiro atoms. The van der Waals surface area contributed by atoms with Crippen molar-refractivity contribution < 1.29 is 17.5 Å². The molecule has 0 fully saturated rings. The summed E-state index contributed by atoms with van der Waals surface area (Å²) in [5.41, 5.74) is 2.26. The third kappa shape index (κ3) is 3.76. The van der Waals surface area contributed by atoms with E-state index < -0.39 is 16.8 Å². The summed E-state index contributed by atoms with van der Waals surface area (Å²) in [4.78, 5) is 12.1. The maximum absolute atomic E-state index is 12.1. The first-order chi connectivity index (χ1) is 12.0. The van der Waals surface area contributed by atoms with E-state index in [0.717, 1.165) is 10.9 Å². The molecule has 11 heteroatoms. The zero-order valence-electron chi connectivity index (χ0n) is 13.5. The van der Waals surface area contributed by atoms with Gasteiger partial charge in [-0.05, 0) is 35.1 Å². The third-order valence-electron chi connectivity index (χ3n) is 3.47. The van der Waals surface area contributed by atoms with Gasteiger partial charge >= 0.3 is 5.76 Å². The van der Waals surface area contributed by atoms with Gasteiger partial charge in [-0.15, -0.1) is 9.24 Å². The molecule has 2 unspecified atom stereocenters. The van der Waals surface area contributed by atoms with Gasteiger partial charge in [-0.3, -0.25) is 8.71 Å². The van der Waals surface area contributed by atoms with E-state index in [2.05, 4.69) is 24.7 Å². The van der Waals surface area contributed by atoms with Gasteiger partial charge in [0.1, 0.15) is 5.69 Å². The number of aromatic nitrogens is 4. The Hall–Kier alpha value is -2.16. The van der Waals surface area contributed by atoms with Crippen molar-refractivity contribution in [1.82, 2.24) is 20.0 Å². The molecule has 0 bridgehead atoms. The summed E-state index contributed by atoms with van der Waals surface area (Å²) < 4.78 is 26.9. The van der Waals surface area contributed by atoms with Crippen molar-refractivity contribution in [2.24, 2.45) is 0 Å². The molecule has 2 aromatic heterocycles. The Morgan fingerprint density at radius 1 is 1.32 bits per heavy atom. The van der Waals surface area contributed by atoms with E-state index in [1.807, 2.05) is 19.1 Å². The summed E-state index contributed by atoms with van der Waals surface area (Å²) in [5, 5.41) is 12.4. The van der Waals surface area contributed by atoms with Gasteiger partial charge in [-0.1, -0.05) is 16.4 Å². The normalized spacial score (nSPS) is 12.4. The smallest absolute Gasteiger partial charge is 0.295 e. The first kappa shape index (κ1) is 17.7. The molecule has 0 saturated carbocycles. The molecule has 0 aliphatic heterocycles. The van der Waals surface area contributed by atoms with Gasteiger partial charge in [0.05, 0.1) is 12.3 Å². The fourth-order valence-electron chi connectivity index (χ4n) is 2.22. The van der Waals surface area contributed by atoms with Crippen molar-refractivity contribution in [2.45, 2.75) is 13.3 Å². The highest BCUT2D eigenvalue weighted by atomic mass is 32.2. The average Bonchev–Trinajstić information content (AvgIpc) is 3.16. The molecule has 0 saturated heterocycles. The van der Waals surface area contributed by atoms with Crippen LogP contribution in [0.15, 0.2) is 32.1 Å². The van der Waals surface area contributed by atoms with E-state index in [1.54, 1.807) is 6.07 Å². The second kappa shape index (κ2) is 7.38. The van der Waals surface area contributed by atoms with Crippen molar-refractivity contribution >= 4 is 25.6 Å². The zero-order valence-corrected chi connectivity index (χ0v) is 15.4. The van der Waals surface area contributed by atoms with Crippen molar-refractivity contribution in [1.29, 1.82) is 0 Å². The van der Waals surface area contributed by atoms with Gasteiger partial charge in [0, 0.05) is 12.7 Å².